The quantitative estimate of drug-likeness (QED) is 0.190. The normalized spacial score (nSPS) is 21.4. The Balaban J connectivity index is 1.26. The van der Waals surface area contributed by atoms with Crippen LogP contribution in [0.1, 0.15) is 103 Å². The number of β-amino-alcohol motifs (C(OH)–C–C–N with tert-alkyl or cyclic N) is 1. The molecule has 5 rings (SSSR count). The number of anilines is 1. The number of thiazole rings is 1. The van der Waals surface area contributed by atoms with Gasteiger partial charge in [-0.3, -0.25) is 9.59 Å². The molecule has 3 aromatic rings. The summed E-state index contributed by atoms with van der Waals surface area (Å²) in [6, 6.07) is 9.30. The van der Waals surface area contributed by atoms with Crippen LogP contribution < -0.4 is 15.5 Å². The highest BCUT2D eigenvalue weighted by Gasteiger charge is 2.44. The van der Waals surface area contributed by atoms with Gasteiger partial charge in [0.15, 0.2) is 11.6 Å². The predicted octanol–water partition coefficient (Wildman–Crippen LogP) is 6.32. The fraction of sp³-hybridized carbons (Fsp3) is 0.632. The number of aliphatic hydroxyl groups is 1. The Morgan fingerprint density at radius 3 is 2.45 bits per heavy atom. The summed E-state index contributed by atoms with van der Waals surface area (Å²) in [6.45, 7) is 19.7. The first-order valence-electron chi connectivity index (χ1n) is 18.1. The number of aromatic nitrogens is 2. The summed E-state index contributed by atoms with van der Waals surface area (Å²) in [7, 11) is 0. The molecule has 10 nitrogen and oxygen atoms in total. The van der Waals surface area contributed by atoms with Crippen molar-refractivity contribution >= 4 is 29.0 Å². The van der Waals surface area contributed by atoms with Crippen LogP contribution in [0.4, 0.5) is 5.82 Å². The Morgan fingerprint density at radius 1 is 1.12 bits per heavy atom. The van der Waals surface area contributed by atoms with E-state index in [1.54, 1.807) is 11.3 Å². The number of hydrogen-bond donors (Lipinski definition) is 3. The van der Waals surface area contributed by atoms with E-state index in [1.165, 1.54) is 4.90 Å². The maximum Gasteiger partial charge on any atom is 0.243 e. The highest BCUT2D eigenvalue weighted by Crippen LogP contribution is 2.40. The first kappa shape index (κ1) is 37.0. The smallest absolute Gasteiger partial charge is 0.243 e. The van der Waals surface area contributed by atoms with Crippen molar-refractivity contribution in [2.24, 2.45) is 17.3 Å². The lowest BCUT2D eigenvalue weighted by molar-refractivity contribution is -0.141. The third-order valence-electron chi connectivity index (χ3n) is 11.3. The second-order valence-corrected chi connectivity index (χ2v) is 15.7. The summed E-state index contributed by atoms with van der Waals surface area (Å²) in [5.41, 5.74) is 5.17. The summed E-state index contributed by atoms with van der Waals surface area (Å²) in [5, 5.41) is 22.0. The van der Waals surface area contributed by atoms with Crippen LogP contribution in [0.2, 0.25) is 0 Å². The second kappa shape index (κ2) is 15.7. The van der Waals surface area contributed by atoms with Crippen molar-refractivity contribution in [3.63, 3.8) is 0 Å². The van der Waals surface area contributed by atoms with Gasteiger partial charge in [0.05, 0.1) is 28.2 Å². The molecule has 2 aliphatic heterocycles. The number of nitrogens with one attached hydrogen (secondary N) is 2. The zero-order valence-corrected chi connectivity index (χ0v) is 31.3. The van der Waals surface area contributed by atoms with Gasteiger partial charge in [0.25, 0.3) is 0 Å². The summed E-state index contributed by atoms with van der Waals surface area (Å²) in [4.78, 5) is 37.2. The number of aliphatic hydroxyl groups excluding tert-OH is 1. The van der Waals surface area contributed by atoms with Gasteiger partial charge in [0.2, 0.25) is 11.8 Å². The lowest BCUT2D eigenvalue weighted by Crippen LogP contribution is -2.53. The van der Waals surface area contributed by atoms with Gasteiger partial charge in [0, 0.05) is 44.7 Å². The van der Waals surface area contributed by atoms with E-state index in [1.807, 2.05) is 63.5 Å². The standard InChI is InChI=1S/C38H56N6O4S/c1-9-38(10-2,24(5)6)19-29-20-43(16-15-39-29)33-18-32(48-42-33)34(23(3)4)37(47)44-21-30(45)17-31(44)36(46)41-25(7)27-11-13-28(14-12-27)35-26(8)40-22-49-35/h11-14,18,22-25,29-31,34,39,45H,9-10,15-17,19-21H2,1-8H3,(H,41,46). The molecule has 11 heteroatoms. The molecule has 2 amide bonds. The first-order chi connectivity index (χ1) is 23.4. The molecule has 0 spiro atoms. The van der Waals surface area contributed by atoms with Gasteiger partial charge in [-0.1, -0.05) is 83.8 Å². The van der Waals surface area contributed by atoms with Crippen LogP contribution in [0.25, 0.3) is 10.4 Å². The molecule has 0 bridgehead atoms. The SMILES string of the molecule is CCC(CC)(CC1CN(c2cc(C(C(=O)N3CC(O)CC3C(=O)NC(C)c3ccc(-c4scnc4C)cc3)C(C)C)on2)CCN1)C(C)C. The maximum atomic E-state index is 14.2. The number of aryl methyl sites for hydroxylation is 1. The third-order valence-corrected chi connectivity index (χ3v) is 12.2. The zero-order valence-electron chi connectivity index (χ0n) is 30.5. The van der Waals surface area contributed by atoms with Crippen LogP contribution >= 0.6 is 11.3 Å². The van der Waals surface area contributed by atoms with Gasteiger partial charge >= 0.3 is 0 Å². The number of carbonyl (C=O) groups is 2. The largest absolute Gasteiger partial charge is 0.391 e. The van der Waals surface area contributed by atoms with Gasteiger partial charge in [0.1, 0.15) is 12.0 Å². The van der Waals surface area contributed by atoms with Gasteiger partial charge in [-0.15, -0.1) is 11.3 Å². The molecular formula is C38H56N6O4S. The molecule has 2 aromatic heterocycles. The molecule has 0 aliphatic carbocycles. The molecule has 1 aromatic carbocycles. The van der Waals surface area contributed by atoms with Crippen LogP contribution in [0.15, 0.2) is 40.4 Å². The van der Waals surface area contributed by atoms with Crippen LogP contribution in [0.5, 0.6) is 0 Å². The van der Waals surface area contributed by atoms with E-state index in [0.29, 0.717) is 17.7 Å². The molecule has 0 saturated carbocycles. The molecule has 2 saturated heterocycles. The summed E-state index contributed by atoms with van der Waals surface area (Å²) >= 11 is 1.60. The molecule has 2 aliphatic rings. The molecule has 5 unspecified atom stereocenters. The summed E-state index contributed by atoms with van der Waals surface area (Å²) in [5.74, 6) is 0.597. The van der Waals surface area contributed by atoms with Crippen molar-refractivity contribution in [3.8, 4) is 10.4 Å². The van der Waals surface area contributed by atoms with Crippen molar-refractivity contribution in [2.45, 2.75) is 111 Å². The van der Waals surface area contributed by atoms with Crippen LogP contribution in [-0.4, -0.2) is 76.3 Å². The van der Waals surface area contributed by atoms with Crippen LogP contribution in [0.3, 0.4) is 0 Å². The van der Waals surface area contributed by atoms with E-state index in [0.717, 1.165) is 66.4 Å². The van der Waals surface area contributed by atoms with Gasteiger partial charge in [-0.25, -0.2) is 4.98 Å². The minimum atomic E-state index is -0.781. The van der Waals surface area contributed by atoms with Crippen molar-refractivity contribution in [2.75, 3.05) is 31.1 Å². The highest BCUT2D eigenvalue weighted by molar-refractivity contribution is 7.13. The van der Waals surface area contributed by atoms with E-state index in [4.69, 9.17) is 4.52 Å². The van der Waals surface area contributed by atoms with Gasteiger partial charge in [-0.05, 0) is 48.6 Å². The van der Waals surface area contributed by atoms with Crippen molar-refractivity contribution < 1.29 is 19.2 Å². The third kappa shape index (κ3) is 8.05. The Kier molecular flexibility index (Phi) is 11.9. The number of nitrogens with zero attached hydrogens (tertiary/aromatic N) is 4. The monoisotopic (exact) mass is 692 g/mol. The van der Waals surface area contributed by atoms with Crippen molar-refractivity contribution in [1.82, 2.24) is 25.7 Å². The first-order valence-corrected chi connectivity index (χ1v) is 19.0. The van der Waals surface area contributed by atoms with E-state index in [-0.39, 0.29) is 42.2 Å². The predicted molar refractivity (Wildman–Crippen MR) is 196 cm³/mol. The van der Waals surface area contributed by atoms with E-state index in [2.05, 4.69) is 53.4 Å². The molecule has 2 fully saturated rings. The van der Waals surface area contributed by atoms with Gasteiger partial charge < -0.3 is 30.1 Å². The number of rotatable bonds is 13. The van der Waals surface area contributed by atoms with E-state index < -0.39 is 18.1 Å². The summed E-state index contributed by atoms with van der Waals surface area (Å²) < 4.78 is 5.90. The lowest BCUT2D eigenvalue weighted by Gasteiger charge is -2.42. The fourth-order valence-electron chi connectivity index (χ4n) is 7.94. The van der Waals surface area contributed by atoms with Gasteiger partial charge in [-0.2, -0.15) is 0 Å². The van der Waals surface area contributed by atoms with E-state index in [9.17, 15) is 14.7 Å². The Labute approximate surface area is 296 Å². The van der Waals surface area contributed by atoms with E-state index >= 15 is 0 Å². The number of benzene rings is 1. The summed E-state index contributed by atoms with van der Waals surface area (Å²) in [6.07, 6.45) is 2.81. The molecule has 268 valence electrons. The number of hydrogen-bond acceptors (Lipinski definition) is 9. The number of likely N-dealkylation sites (tertiary alicyclic amines) is 1. The average Bonchev–Trinajstić information content (AvgIpc) is 3.84. The minimum Gasteiger partial charge on any atom is -0.391 e. The van der Waals surface area contributed by atoms with Crippen LogP contribution in [-0.2, 0) is 9.59 Å². The fourth-order valence-corrected chi connectivity index (χ4v) is 8.75. The van der Waals surface area contributed by atoms with Crippen molar-refractivity contribution in [3.05, 3.63) is 52.9 Å². The Hall–Kier alpha value is -3.28. The number of amides is 2. The molecular weight excluding hydrogens is 637 g/mol. The molecule has 49 heavy (non-hydrogen) atoms. The maximum absolute atomic E-state index is 14.2. The Morgan fingerprint density at radius 2 is 1.84 bits per heavy atom. The topological polar surface area (TPSA) is 124 Å². The lowest BCUT2D eigenvalue weighted by atomic mass is 9.68. The molecule has 4 heterocycles. The van der Waals surface area contributed by atoms with Crippen LogP contribution in [0, 0.1) is 24.2 Å². The Bertz CT molecular complexity index is 1550. The van der Waals surface area contributed by atoms with Crippen molar-refractivity contribution in [1.29, 1.82) is 0 Å². The molecule has 5 atom stereocenters. The molecule has 3 N–H and O–H groups in total. The molecule has 0 radical (unpaired) electrons. The zero-order chi connectivity index (χ0) is 35.5. The highest BCUT2D eigenvalue weighted by atomic mass is 32.1. The second-order valence-electron chi connectivity index (χ2n) is 14.8. The number of piperazine rings is 1. The minimum absolute atomic E-state index is 0.102. The average molecular weight is 693 g/mol. The number of carbonyl (C=O) groups excluding carboxylic acids is 2.